The minimum Gasteiger partial charge on any atom is -0.378 e. The molecule has 3 heteroatoms. The van der Waals surface area contributed by atoms with Gasteiger partial charge in [-0.25, -0.2) is 0 Å². The van der Waals surface area contributed by atoms with Crippen LogP contribution in [0, 0.1) is 11.3 Å². The minimum atomic E-state index is 0.0295. The normalized spacial score (nSPS) is 9.40. The van der Waals surface area contributed by atoms with Crippen LogP contribution in [-0.2, 0) is 0 Å². The zero-order valence-electron chi connectivity index (χ0n) is 9.03. The van der Waals surface area contributed by atoms with Gasteiger partial charge in [-0.2, -0.15) is 5.26 Å². The molecule has 0 aliphatic carbocycles. The maximum absolute atomic E-state index is 11.5. The highest BCUT2D eigenvalue weighted by atomic mass is 16.1. The second-order valence-corrected chi connectivity index (χ2v) is 3.52. The first-order valence-corrected chi connectivity index (χ1v) is 4.82. The van der Waals surface area contributed by atoms with Crippen molar-refractivity contribution in [3.8, 4) is 6.07 Å². The Balaban J connectivity index is 2.72. The van der Waals surface area contributed by atoms with Gasteiger partial charge in [0.2, 0.25) is 0 Å². The summed E-state index contributed by atoms with van der Waals surface area (Å²) in [6.07, 6.45) is 0.589. The lowest BCUT2D eigenvalue weighted by molar-refractivity contribution is 0.0984. The molecule has 0 fully saturated rings. The van der Waals surface area contributed by atoms with Crippen LogP contribution in [0.5, 0.6) is 0 Å². The van der Waals surface area contributed by atoms with Gasteiger partial charge < -0.3 is 4.90 Å². The zero-order valence-corrected chi connectivity index (χ0v) is 9.03. The molecule has 0 aliphatic heterocycles. The van der Waals surface area contributed by atoms with Crippen LogP contribution in [-0.4, -0.2) is 19.9 Å². The fourth-order valence-corrected chi connectivity index (χ4v) is 1.26. The third-order valence-corrected chi connectivity index (χ3v) is 2.17. The fourth-order valence-electron chi connectivity index (χ4n) is 1.26. The van der Waals surface area contributed by atoms with Crippen molar-refractivity contribution in [3.63, 3.8) is 0 Å². The highest BCUT2D eigenvalue weighted by molar-refractivity contribution is 5.96. The number of benzene rings is 1. The predicted molar refractivity (Wildman–Crippen MR) is 59.9 cm³/mol. The van der Waals surface area contributed by atoms with E-state index in [1.54, 1.807) is 12.1 Å². The molecule has 0 unspecified atom stereocenters. The standard InChI is InChI=1S/C12H14N2O/c1-14(2)11-7-5-10(6-8-11)12(15)4-3-9-13/h5-8H,3-4H2,1-2H3. The van der Waals surface area contributed by atoms with Crippen molar-refractivity contribution in [2.75, 3.05) is 19.0 Å². The van der Waals surface area contributed by atoms with Crippen molar-refractivity contribution in [2.24, 2.45) is 0 Å². The Morgan fingerprint density at radius 2 is 1.93 bits per heavy atom. The summed E-state index contributed by atoms with van der Waals surface area (Å²) in [6.45, 7) is 0. The maximum atomic E-state index is 11.5. The Hall–Kier alpha value is -1.82. The molecule has 0 atom stereocenters. The van der Waals surface area contributed by atoms with Crippen molar-refractivity contribution in [2.45, 2.75) is 12.8 Å². The Morgan fingerprint density at radius 3 is 2.40 bits per heavy atom. The summed E-state index contributed by atoms with van der Waals surface area (Å²) >= 11 is 0. The van der Waals surface area contributed by atoms with Gasteiger partial charge in [0.05, 0.1) is 6.07 Å². The quantitative estimate of drug-likeness (QED) is 0.703. The van der Waals surface area contributed by atoms with E-state index < -0.39 is 0 Å². The Morgan fingerprint density at radius 1 is 1.33 bits per heavy atom. The van der Waals surface area contributed by atoms with E-state index in [-0.39, 0.29) is 12.2 Å². The van der Waals surface area contributed by atoms with E-state index in [1.807, 2.05) is 37.2 Å². The molecule has 0 aromatic heterocycles. The minimum absolute atomic E-state index is 0.0295. The summed E-state index contributed by atoms with van der Waals surface area (Å²) in [5, 5.41) is 8.37. The smallest absolute Gasteiger partial charge is 0.163 e. The number of ketones is 1. The van der Waals surface area contributed by atoms with Gasteiger partial charge in [0.1, 0.15) is 0 Å². The highest BCUT2D eigenvalue weighted by Gasteiger charge is 2.05. The van der Waals surface area contributed by atoms with Crippen molar-refractivity contribution < 1.29 is 4.79 Å². The highest BCUT2D eigenvalue weighted by Crippen LogP contribution is 2.13. The van der Waals surface area contributed by atoms with Crippen LogP contribution >= 0.6 is 0 Å². The van der Waals surface area contributed by atoms with Crippen LogP contribution in [0.1, 0.15) is 23.2 Å². The molecule has 78 valence electrons. The summed E-state index contributed by atoms with van der Waals surface area (Å²) < 4.78 is 0. The van der Waals surface area contributed by atoms with Gasteiger partial charge in [-0.05, 0) is 24.3 Å². The summed E-state index contributed by atoms with van der Waals surface area (Å²) in [5.74, 6) is 0.0295. The van der Waals surface area contributed by atoms with Crippen molar-refractivity contribution >= 4 is 11.5 Å². The Bertz CT molecular complexity index is 374. The number of hydrogen-bond acceptors (Lipinski definition) is 3. The molecule has 0 spiro atoms. The molecule has 15 heavy (non-hydrogen) atoms. The number of Topliss-reactive ketones (excluding diaryl/α,β-unsaturated/α-hetero) is 1. The van der Waals surface area contributed by atoms with Crippen LogP contribution in [0.15, 0.2) is 24.3 Å². The maximum Gasteiger partial charge on any atom is 0.163 e. The van der Waals surface area contributed by atoms with Crippen LogP contribution in [0.4, 0.5) is 5.69 Å². The molecular weight excluding hydrogens is 188 g/mol. The van der Waals surface area contributed by atoms with Gasteiger partial charge in [0.25, 0.3) is 0 Å². The van der Waals surface area contributed by atoms with Gasteiger partial charge in [-0.1, -0.05) is 0 Å². The lowest BCUT2D eigenvalue weighted by Gasteiger charge is -2.12. The average molecular weight is 202 g/mol. The average Bonchev–Trinajstić information content (AvgIpc) is 2.26. The van der Waals surface area contributed by atoms with Crippen molar-refractivity contribution in [1.29, 1.82) is 5.26 Å². The molecule has 0 saturated carbocycles. The van der Waals surface area contributed by atoms with E-state index in [2.05, 4.69) is 0 Å². The second-order valence-electron chi connectivity index (χ2n) is 3.52. The van der Waals surface area contributed by atoms with Crippen LogP contribution in [0.2, 0.25) is 0 Å². The van der Waals surface area contributed by atoms with E-state index in [0.717, 1.165) is 5.69 Å². The molecule has 1 aromatic rings. The molecule has 0 heterocycles. The molecule has 0 saturated heterocycles. The van der Waals surface area contributed by atoms with Gasteiger partial charge in [0.15, 0.2) is 5.78 Å². The van der Waals surface area contributed by atoms with Gasteiger partial charge in [-0.3, -0.25) is 4.79 Å². The first-order valence-electron chi connectivity index (χ1n) is 4.82. The first-order chi connectivity index (χ1) is 7.15. The molecule has 1 aromatic carbocycles. The number of nitrogens with zero attached hydrogens (tertiary/aromatic N) is 2. The van der Waals surface area contributed by atoms with Gasteiger partial charge in [0, 0.05) is 38.2 Å². The number of carbonyl (C=O) groups is 1. The predicted octanol–water partition coefficient (Wildman–Crippen LogP) is 2.24. The molecule has 0 bridgehead atoms. The Kier molecular flexibility index (Phi) is 3.87. The second kappa shape index (κ2) is 5.16. The Labute approximate surface area is 89.9 Å². The largest absolute Gasteiger partial charge is 0.378 e. The van der Waals surface area contributed by atoms with E-state index >= 15 is 0 Å². The number of anilines is 1. The van der Waals surface area contributed by atoms with Crippen molar-refractivity contribution in [1.82, 2.24) is 0 Å². The van der Waals surface area contributed by atoms with E-state index in [4.69, 9.17) is 5.26 Å². The summed E-state index contributed by atoms with van der Waals surface area (Å²) in [6, 6.07) is 9.37. The molecular formula is C12H14N2O. The van der Waals surface area contributed by atoms with Gasteiger partial charge >= 0.3 is 0 Å². The van der Waals surface area contributed by atoms with Gasteiger partial charge in [-0.15, -0.1) is 0 Å². The molecule has 0 N–H and O–H groups in total. The summed E-state index contributed by atoms with van der Waals surface area (Å²) in [7, 11) is 3.90. The molecule has 0 radical (unpaired) electrons. The topological polar surface area (TPSA) is 44.1 Å². The van der Waals surface area contributed by atoms with Crippen LogP contribution in [0.25, 0.3) is 0 Å². The summed E-state index contributed by atoms with van der Waals surface area (Å²) in [4.78, 5) is 13.5. The number of rotatable bonds is 4. The summed E-state index contributed by atoms with van der Waals surface area (Å²) in [5.41, 5.74) is 1.74. The van der Waals surface area contributed by atoms with E-state index in [9.17, 15) is 4.79 Å². The first kappa shape index (κ1) is 11.3. The third-order valence-electron chi connectivity index (χ3n) is 2.17. The molecule has 0 amide bonds. The third kappa shape index (κ3) is 3.10. The van der Waals surface area contributed by atoms with Crippen LogP contribution < -0.4 is 4.90 Å². The molecule has 1 rings (SSSR count). The SMILES string of the molecule is CN(C)c1ccc(C(=O)CCC#N)cc1. The van der Waals surface area contributed by atoms with Crippen molar-refractivity contribution in [3.05, 3.63) is 29.8 Å². The monoisotopic (exact) mass is 202 g/mol. The fraction of sp³-hybridized carbons (Fsp3) is 0.333. The molecule has 0 aliphatic rings. The molecule has 3 nitrogen and oxygen atoms in total. The number of nitriles is 1. The lowest BCUT2D eigenvalue weighted by atomic mass is 10.1. The zero-order chi connectivity index (χ0) is 11.3. The van der Waals surface area contributed by atoms with E-state index in [1.165, 1.54) is 0 Å². The number of hydrogen-bond donors (Lipinski definition) is 0. The number of carbonyl (C=O) groups excluding carboxylic acids is 1. The van der Waals surface area contributed by atoms with E-state index in [0.29, 0.717) is 12.0 Å². The van der Waals surface area contributed by atoms with Crippen LogP contribution in [0.3, 0.4) is 0 Å². The lowest BCUT2D eigenvalue weighted by Crippen LogP contribution is -2.08.